The van der Waals surface area contributed by atoms with Crippen LogP contribution in [0.1, 0.15) is 22.7 Å². The molecule has 19 heavy (non-hydrogen) atoms. The minimum absolute atomic E-state index is 0.105. The Kier molecular flexibility index (Phi) is 4.55. The smallest absolute Gasteiger partial charge is 0.119 e. The zero-order chi connectivity index (χ0) is 13.7. The van der Waals surface area contributed by atoms with Crippen molar-refractivity contribution in [2.24, 2.45) is 5.84 Å². The van der Waals surface area contributed by atoms with E-state index in [1.165, 1.54) is 16.7 Å². The summed E-state index contributed by atoms with van der Waals surface area (Å²) in [6.07, 6.45) is 0.832. The Labute approximate surface area is 114 Å². The summed E-state index contributed by atoms with van der Waals surface area (Å²) in [5.41, 5.74) is 6.58. The molecule has 0 aliphatic rings. The van der Waals surface area contributed by atoms with Crippen molar-refractivity contribution in [1.29, 1.82) is 0 Å². The van der Waals surface area contributed by atoms with Crippen molar-refractivity contribution in [3.8, 4) is 5.75 Å². The van der Waals surface area contributed by atoms with Crippen molar-refractivity contribution in [3.05, 3.63) is 65.2 Å². The van der Waals surface area contributed by atoms with Crippen LogP contribution >= 0.6 is 0 Å². The molecule has 2 aromatic carbocycles. The van der Waals surface area contributed by atoms with E-state index < -0.39 is 0 Å². The van der Waals surface area contributed by atoms with Gasteiger partial charge in [-0.3, -0.25) is 11.3 Å². The number of ether oxygens (including phenoxy) is 1. The Hall–Kier alpha value is -1.84. The van der Waals surface area contributed by atoms with Gasteiger partial charge in [0.1, 0.15) is 5.75 Å². The lowest BCUT2D eigenvalue weighted by molar-refractivity contribution is 0.414. The van der Waals surface area contributed by atoms with Gasteiger partial charge in [0.15, 0.2) is 0 Å². The molecule has 0 saturated carbocycles. The second kappa shape index (κ2) is 6.36. The Morgan fingerprint density at radius 3 is 2.63 bits per heavy atom. The molecule has 0 fully saturated rings. The molecular formula is C16H20N2O. The Morgan fingerprint density at radius 1 is 1.16 bits per heavy atom. The lowest BCUT2D eigenvalue weighted by Gasteiger charge is -2.19. The monoisotopic (exact) mass is 256 g/mol. The SMILES string of the molecule is COc1cccc(CC(NN)c2ccccc2C)c1. The van der Waals surface area contributed by atoms with Crippen molar-refractivity contribution in [1.82, 2.24) is 5.43 Å². The topological polar surface area (TPSA) is 47.3 Å². The minimum Gasteiger partial charge on any atom is -0.497 e. The van der Waals surface area contributed by atoms with Crippen LogP contribution in [-0.4, -0.2) is 7.11 Å². The highest BCUT2D eigenvalue weighted by Crippen LogP contribution is 2.22. The predicted molar refractivity (Wildman–Crippen MR) is 77.9 cm³/mol. The van der Waals surface area contributed by atoms with Crippen LogP contribution in [0.2, 0.25) is 0 Å². The van der Waals surface area contributed by atoms with Gasteiger partial charge in [0.2, 0.25) is 0 Å². The van der Waals surface area contributed by atoms with Crippen molar-refractivity contribution >= 4 is 0 Å². The van der Waals surface area contributed by atoms with Gasteiger partial charge in [0, 0.05) is 0 Å². The first-order valence-electron chi connectivity index (χ1n) is 6.39. The van der Waals surface area contributed by atoms with Crippen LogP contribution in [-0.2, 0) is 6.42 Å². The number of hydrazine groups is 1. The zero-order valence-electron chi connectivity index (χ0n) is 11.4. The van der Waals surface area contributed by atoms with Gasteiger partial charge >= 0.3 is 0 Å². The lowest BCUT2D eigenvalue weighted by atomic mass is 9.96. The Bertz CT molecular complexity index is 540. The summed E-state index contributed by atoms with van der Waals surface area (Å²) >= 11 is 0. The number of nitrogens with two attached hydrogens (primary N) is 1. The van der Waals surface area contributed by atoms with Gasteiger partial charge in [-0.05, 0) is 42.2 Å². The number of aryl methyl sites for hydroxylation is 1. The molecule has 2 rings (SSSR count). The molecule has 1 atom stereocenters. The molecule has 0 bridgehead atoms. The third-order valence-corrected chi connectivity index (χ3v) is 3.34. The van der Waals surface area contributed by atoms with E-state index in [0.29, 0.717) is 0 Å². The van der Waals surface area contributed by atoms with Crippen LogP contribution in [0, 0.1) is 6.92 Å². The molecule has 0 aliphatic carbocycles. The van der Waals surface area contributed by atoms with Gasteiger partial charge in [0.25, 0.3) is 0 Å². The van der Waals surface area contributed by atoms with Crippen molar-refractivity contribution < 1.29 is 4.74 Å². The highest BCUT2D eigenvalue weighted by atomic mass is 16.5. The Balaban J connectivity index is 2.21. The number of hydrogen-bond donors (Lipinski definition) is 2. The van der Waals surface area contributed by atoms with E-state index in [9.17, 15) is 0 Å². The van der Waals surface area contributed by atoms with E-state index in [1.54, 1.807) is 7.11 Å². The van der Waals surface area contributed by atoms with Crippen LogP contribution in [0.4, 0.5) is 0 Å². The standard InChI is InChI=1S/C16H20N2O/c1-12-6-3-4-9-15(12)16(18-17)11-13-7-5-8-14(10-13)19-2/h3-10,16,18H,11,17H2,1-2H3. The summed E-state index contributed by atoms with van der Waals surface area (Å²) in [5.74, 6) is 6.58. The van der Waals surface area contributed by atoms with Crippen molar-refractivity contribution in [3.63, 3.8) is 0 Å². The molecule has 0 saturated heterocycles. The largest absolute Gasteiger partial charge is 0.497 e. The average Bonchev–Trinajstić information content (AvgIpc) is 2.46. The van der Waals surface area contributed by atoms with Crippen LogP contribution in [0.3, 0.4) is 0 Å². The molecule has 0 heterocycles. The normalized spacial score (nSPS) is 12.2. The van der Waals surface area contributed by atoms with E-state index >= 15 is 0 Å². The molecule has 0 spiro atoms. The third kappa shape index (κ3) is 3.34. The molecule has 3 heteroatoms. The summed E-state index contributed by atoms with van der Waals surface area (Å²) in [4.78, 5) is 0. The number of hydrogen-bond acceptors (Lipinski definition) is 3. The van der Waals surface area contributed by atoms with Crippen LogP contribution in [0.5, 0.6) is 5.75 Å². The highest BCUT2D eigenvalue weighted by Gasteiger charge is 2.12. The van der Waals surface area contributed by atoms with E-state index in [4.69, 9.17) is 10.6 Å². The van der Waals surface area contributed by atoms with E-state index in [1.807, 2.05) is 30.3 Å². The molecule has 100 valence electrons. The second-order valence-electron chi connectivity index (χ2n) is 4.63. The fourth-order valence-electron chi connectivity index (χ4n) is 2.27. The van der Waals surface area contributed by atoms with Gasteiger partial charge in [0.05, 0.1) is 13.2 Å². The number of benzene rings is 2. The molecule has 0 aromatic heterocycles. The first-order valence-corrected chi connectivity index (χ1v) is 6.39. The fourth-order valence-corrected chi connectivity index (χ4v) is 2.27. The summed E-state index contributed by atoms with van der Waals surface area (Å²) in [6.45, 7) is 2.10. The molecule has 0 amide bonds. The molecule has 3 N–H and O–H groups in total. The molecule has 2 aromatic rings. The van der Waals surface area contributed by atoms with Gasteiger partial charge in [-0.25, -0.2) is 0 Å². The summed E-state index contributed by atoms with van der Waals surface area (Å²) in [6, 6.07) is 16.5. The van der Waals surface area contributed by atoms with Gasteiger partial charge in [-0.1, -0.05) is 36.4 Å². The van der Waals surface area contributed by atoms with Gasteiger partial charge in [-0.15, -0.1) is 0 Å². The summed E-state index contributed by atoms with van der Waals surface area (Å²) < 4.78 is 5.25. The minimum atomic E-state index is 0.105. The molecule has 0 aliphatic heterocycles. The third-order valence-electron chi connectivity index (χ3n) is 3.34. The zero-order valence-corrected chi connectivity index (χ0v) is 11.4. The maximum atomic E-state index is 5.71. The number of methoxy groups -OCH3 is 1. The van der Waals surface area contributed by atoms with Crippen LogP contribution in [0.15, 0.2) is 48.5 Å². The van der Waals surface area contributed by atoms with Crippen LogP contribution in [0.25, 0.3) is 0 Å². The Morgan fingerprint density at radius 2 is 1.95 bits per heavy atom. The van der Waals surface area contributed by atoms with Crippen molar-refractivity contribution in [2.45, 2.75) is 19.4 Å². The van der Waals surface area contributed by atoms with Crippen LogP contribution < -0.4 is 16.0 Å². The second-order valence-corrected chi connectivity index (χ2v) is 4.63. The first-order chi connectivity index (χ1) is 9.24. The number of rotatable bonds is 5. The van der Waals surface area contributed by atoms with Gasteiger partial charge < -0.3 is 4.74 Å². The molecule has 3 nitrogen and oxygen atoms in total. The maximum absolute atomic E-state index is 5.71. The fraction of sp³-hybridized carbons (Fsp3) is 0.250. The highest BCUT2D eigenvalue weighted by molar-refractivity contribution is 5.33. The lowest BCUT2D eigenvalue weighted by Crippen LogP contribution is -2.30. The van der Waals surface area contributed by atoms with E-state index in [-0.39, 0.29) is 6.04 Å². The maximum Gasteiger partial charge on any atom is 0.119 e. The van der Waals surface area contributed by atoms with Gasteiger partial charge in [-0.2, -0.15) is 0 Å². The predicted octanol–water partition coefficient (Wildman–Crippen LogP) is 2.75. The van der Waals surface area contributed by atoms with E-state index in [0.717, 1.165) is 12.2 Å². The van der Waals surface area contributed by atoms with Crippen molar-refractivity contribution in [2.75, 3.05) is 7.11 Å². The molecule has 1 unspecified atom stereocenters. The molecule has 0 radical (unpaired) electrons. The first kappa shape index (κ1) is 13.6. The quantitative estimate of drug-likeness (QED) is 0.639. The molecular weight excluding hydrogens is 236 g/mol. The van der Waals surface area contributed by atoms with E-state index in [2.05, 4.69) is 30.5 Å². The summed E-state index contributed by atoms with van der Waals surface area (Å²) in [7, 11) is 1.68. The summed E-state index contributed by atoms with van der Waals surface area (Å²) in [5, 5.41) is 0. The average molecular weight is 256 g/mol. The number of nitrogens with one attached hydrogen (secondary N) is 1.